The minimum atomic E-state index is -0.955. The zero-order chi connectivity index (χ0) is 13.0. The summed E-state index contributed by atoms with van der Waals surface area (Å²) in [7, 11) is 0. The van der Waals surface area contributed by atoms with Crippen LogP contribution in [0, 0.1) is 0 Å². The van der Waals surface area contributed by atoms with Crippen LogP contribution in [0.15, 0.2) is 60.1 Å². The Morgan fingerprint density at radius 1 is 1.37 bits per heavy atom. The highest BCUT2D eigenvalue weighted by Crippen LogP contribution is 2.28. The van der Waals surface area contributed by atoms with E-state index in [1.165, 1.54) is 0 Å². The molecule has 1 heterocycles. The molecule has 1 aromatic carbocycles. The average molecular weight is 344 g/mol. The largest absolute Gasteiger partial charge is 0.383 e. The van der Waals surface area contributed by atoms with E-state index >= 15 is 0 Å². The highest BCUT2D eigenvalue weighted by atomic mass is 79.9. The van der Waals surface area contributed by atoms with Gasteiger partial charge in [0.05, 0.1) is 12.9 Å². The molecule has 1 unspecified atom stereocenters. The molecule has 1 N–H and O–H groups in total. The van der Waals surface area contributed by atoms with Crippen molar-refractivity contribution in [1.29, 1.82) is 0 Å². The number of hydrogen-bond donors (Lipinski definition) is 1. The maximum Gasteiger partial charge on any atom is 0.111 e. The Bertz CT molecular complexity index is 513. The molecule has 0 bridgehead atoms. The molecule has 5 heteroatoms. The van der Waals surface area contributed by atoms with Crippen LogP contribution in [0.1, 0.15) is 12.0 Å². The minimum Gasteiger partial charge on any atom is -0.383 e. The molecule has 2 aromatic rings. The van der Waals surface area contributed by atoms with Crippen LogP contribution in [0.3, 0.4) is 0 Å². The molecule has 1 aromatic heterocycles. The molecule has 0 radical (unpaired) electrons. The zero-order valence-electron chi connectivity index (χ0n) is 10.4. The molecule has 0 amide bonds. The molecule has 0 aliphatic heterocycles. The van der Waals surface area contributed by atoms with Crippen molar-refractivity contribution in [2.75, 3.05) is 0 Å². The van der Waals surface area contributed by atoms with E-state index in [1.54, 1.807) is 18.6 Å². The number of halogens is 2. The van der Waals surface area contributed by atoms with E-state index in [2.05, 4.69) is 27.5 Å². The third-order valence-electron chi connectivity index (χ3n) is 2.87. The van der Waals surface area contributed by atoms with Crippen molar-refractivity contribution in [1.82, 2.24) is 9.55 Å². The van der Waals surface area contributed by atoms with Crippen molar-refractivity contribution in [2.24, 2.45) is 0 Å². The van der Waals surface area contributed by atoms with Gasteiger partial charge in [0, 0.05) is 16.9 Å². The first-order valence-electron chi connectivity index (χ1n) is 5.69. The number of nitrogens with zero attached hydrogens (tertiary/aromatic N) is 2. The van der Waals surface area contributed by atoms with Crippen LogP contribution in [0.4, 0.5) is 0 Å². The lowest BCUT2D eigenvalue weighted by Crippen LogP contribution is -2.30. The third kappa shape index (κ3) is 3.93. The van der Waals surface area contributed by atoms with Gasteiger partial charge in [-0.2, -0.15) is 0 Å². The molecular weight excluding hydrogens is 328 g/mol. The average Bonchev–Trinajstić information content (AvgIpc) is 2.82. The van der Waals surface area contributed by atoms with Crippen LogP contribution >= 0.6 is 28.3 Å². The second-order valence-electron chi connectivity index (χ2n) is 4.27. The van der Waals surface area contributed by atoms with Gasteiger partial charge < -0.3 is 9.67 Å². The van der Waals surface area contributed by atoms with Gasteiger partial charge in [0.2, 0.25) is 0 Å². The van der Waals surface area contributed by atoms with Gasteiger partial charge in [-0.05, 0) is 24.1 Å². The molecule has 0 saturated carbocycles. The molecule has 3 nitrogen and oxygen atoms in total. The lowest BCUT2D eigenvalue weighted by Gasteiger charge is -2.28. The summed E-state index contributed by atoms with van der Waals surface area (Å²) in [6, 6.07) is 7.70. The number of imidazole rings is 1. The van der Waals surface area contributed by atoms with Gasteiger partial charge in [-0.1, -0.05) is 34.1 Å². The first-order valence-corrected chi connectivity index (χ1v) is 6.48. The van der Waals surface area contributed by atoms with Gasteiger partial charge in [-0.15, -0.1) is 19.0 Å². The number of hydrogen-bond acceptors (Lipinski definition) is 2. The fourth-order valence-corrected chi connectivity index (χ4v) is 2.22. The van der Waals surface area contributed by atoms with Crippen LogP contribution in [0.5, 0.6) is 0 Å². The Hall–Kier alpha value is -1.10. The van der Waals surface area contributed by atoms with Gasteiger partial charge in [0.1, 0.15) is 5.60 Å². The molecule has 0 fully saturated rings. The van der Waals surface area contributed by atoms with E-state index in [-0.39, 0.29) is 12.4 Å². The van der Waals surface area contributed by atoms with E-state index in [0.29, 0.717) is 13.0 Å². The molecule has 19 heavy (non-hydrogen) atoms. The lowest BCUT2D eigenvalue weighted by molar-refractivity contribution is 0.0213. The maximum atomic E-state index is 10.8. The van der Waals surface area contributed by atoms with E-state index in [9.17, 15) is 5.11 Å². The lowest BCUT2D eigenvalue weighted by atomic mass is 9.90. The molecule has 0 aliphatic rings. The highest BCUT2D eigenvalue weighted by molar-refractivity contribution is 9.10. The zero-order valence-corrected chi connectivity index (χ0v) is 12.8. The summed E-state index contributed by atoms with van der Waals surface area (Å²) in [6.07, 6.45) is 7.47. The third-order valence-corrected chi connectivity index (χ3v) is 3.40. The van der Waals surface area contributed by atoms with Gasteiger partial charge in [0.15, 0.2) is 0 Å². The Balaban J connectivity index is 0.00000180. The minimum absolute atomic E-state index is 0. The van der Waals surface area contributed by atoms with Crippen LogP contribution in [-0.2, 0) is 12.1 Å². The Kier molecular flexibility index (Phi) is 5.79. The number of benzene rings is 1. The van der Waals surface area contributed by atoms with E-state index < -0.39 is 5.60 Å². The highest BCUT2D eigenvalue weighted by Gasteiger charge is 2.28. The fourth-order valence-electron chi connectivity index (χ4n) is 1.95. The monoisotopic (exact) mass is 342 g/mol. The molecule has 0 spiro atoms. The van der Waals surface area contributed by atoms with Crippen molar-refractivity contribution in [3.63, 3.8) is 0 Å². The van der Waals surface area contributed by atoms with E-state index in [1.807, 2.05) is 35.0 Å². The Morgan fingerprint density at radius 3 is 2.58 bits per heavy atom. The van der Waals surface area contributed by atoms with Gasteiger partial charge in [-0.25, -0.2) is 4.98 Å². The quantitative estimate of drug-likeness (QED) is 0.843. The number of rotatable bonds is 5. The van der Waals surface area contributed by atoms with Crippen molar-refractivity contribution in [2.45, 2.75) is 18.6 Å². The summed E-state index contributed by atoms with van der Waals surface area (Å²) in [5, 5.41) is 10.8. The summed E-state index contributed by atoms with van der Waals surface area (Å²) in [5.41, 5.74) is -0.0809. The molecule has 102 valence electrons. The maximum absolute atomic E-state index is 10.8. The summed E-state index contributed by atoms with van der Waals surface area (Å²) < 4.78 is 2.86. The van der Waals surface area contributed by atoms with Gasteiger partial charge in [-0.3, -0.25) is 0 Å². The van der Waals surface area contributed by atoms with Gasteiger partial charge in [0.25, 0.3) is 0 Å². The van der Waals surface area contributed by atoms with Crippen LogP contribution in [-0.4, -0.2) is 14.7 Å². The number of aromatic nitrogens is 2. The van der Waals surface area contributed by atoms with Crippen LogP contribution in [0.2, 0.25) is 0 Å². The molecule has 2 rings (SSSR count). The Morgan fingerprint density at radius 2 is 2.05 bits per heavy atom. The predicted molar refractivity (Wildman–Crippen MR) is 82.3 cm³/mol. The second kappa shape index (κ2) is 6.89. The summed E-state index contributed by atoms with van der Waals surface area (Å²) in [5.74, 6) is 0. The number of aliphatic hydroxyl groups is 1. The van der Waals surface area contributed by atoms with Crippen molar-refractivity contribution < 1.29 is 5.11 Å². The van der Waals surface area contributed by atoms with Crippen molar-refractivity contribution in [3.8, 4) is 0 Å². The topological polar surface area (TPSA) is 38.0 Å². The van der Waals surface area contributed by atoms with Gasteiger partial charge >= 0.3 is 0 Å². The molecule has 0 saturated heterocycles. The molecule has 1 atom stereocenters. The van der Waals surface area contributed by atoms with Crippen molar-refractivity contribution >= 4 is 28.3 Å². The summed E-state index contributed by atoms with van der Waals surface area (Å²) in [6.45, 7) is 4.18. The normalized spacial score (nSPS) is 13.4. The second-order valence-corrected chi connectivity index (χ2v) is 5.18. The van der Waals surface area contributed by atoms with Crippen molar-refractivity contribution in [3.05, 3.63) is 65.7 Å². The molecular formula is C14H16BrClN2O. The smallest absolute Gasteiger partial charge is 0.111 e. The predicted octanol–water partition coefficient (Wildman–Crippen LogP) is 3.53. The first kappa shape index (κ1) is 16.0. The standard InChI is InChI=1S/C14H15BrN2O.ClH/c1-2-7-14(18,10-17-9-8-16-11-17)12-3-5-13(15)6-4-12;/h2-6,8-9,11,18H,1,7,10H2;1H. The van der Waals surface area contributed by atoms with Crippen LogP contribution < -0.4 is 0 Å². The van der Waals surface area contributed by atoms with E-state index in [0.717, 1.165) is 10.0 Å². The van der Waals surface area contributed by atoms with E-state index in [4.69, 9.17) is 0 Å². The SMILES string of the molecule is C=CCC(O)(Cn1ccnc1)c1ccc(Br)cc1.Cl. The fraction of sp³-hybridized carbons (Fsp3) is 0.214. The van der Waals surface area contributed by atoms with Crippen LogP contribution in [0.25, 0.3) is 0 Å². The summed E-state index contributed by atoms with van der Waals surface area (Å²) in [4.78, 5) is 3.99. The first-order chi connectivity index (χ1) is 8.64. The summed E-state index contributed by atoms with van der Waals surface area (Å²) >= 11 is 3.39. The molecule has 0 aliphatic carbocycles. The Labute approximate surface area is 127 Å².